The highest BCUT2D eigenvalue weighted by Gasteiger charge is 1.97. The molecule has 1 N–H and O–H groups in total. The van der Waals surface area contributed by atoms with E-state index in [-0.39, 0.29) is 0 Å². The molecule has 0 amide bonds. The predicted octanol–water partition coefficient (Wildman–Crippen LogP) is -0.462. The molecule has 62 valence electrons. The lowest BCUT2D eigenvalue weighted by atomic mass is 10.6. The van der Waals surface area contributed by atoms with Crippen LogP contribution < -0.4 is 5.32 Å². The molecule has 1 rings (SSSR count). The molecule has 0 radical (unpaired) electrons. The van der Waals surface area contributed by atoms with Gasteiger partial charge >= 0.3 is 0 Å². The Morgan fingerprint density at radius 2 is 2.45 bits per heavy atom. The highest BCUT2D eigenvalue weighted by molar-refractivity contribution is 6.18. The first-order valence-corrected chi connectivity index (χ1v) is 3.86. The van der Waals surface area contributed by atoms with Crippen LogP contribution in [-0.4, -0.2) is 32.6 Å². The lowest BCUT2D eigenvalue weighted by Gasteiger charge is -1.94. The van der Waals surface area contributed by atoms with Crippen LogP contribution in [0.25, 0.3) is 0 Å². The van der Waals surface area contributed by atoms with Gasteiger partial charge in [0.15, 0.2) is 5.82 Å². The van der Waals surface area contributed by atoms with E-state index >= 15 is 0 Å². The van der Waals surface area contributed by atoms with Crippen molar-refractivity contribution in [1.29, 1.82) is 0 Å². The lowest BCUT2D eigenvalue weighted by Crippen LogP contribution is -2.16. The van der Waals surface area contributed by atoms with Crippen molar-refractivity contribution in [2.75, 3.05) is 12.4 Å². The fraction of sp³-hybridized carbons (Fsp3) is 0.800. The van der Waals surface area contributed by atoms with Crippen LogP contribution in [0.15, 0.2) is 0 Å². The number of hydrogen-bond acceptors (Lipinski definition) is 4. The molecule has 0 saturated heterocycles. The standard InChI is InChI=1S/C5H10ClN5/c1-11-9-5(8-10-11)4-7-3-2-6/h7H,2-4H2,1H3. The van der Waals surface area contributed by atoms with Gasteiger partial charge in [0.2, 0.25) is 0 Å². The van der Waals surface area contributed by atoms with Gasteiger partial charge in [0, 0.05) is 12.4 Å². The molecule has 0 spiro atoms. The number of nitrogens with zero attached hydrogens (tertiary/aromatic N) is 4. The first-order valence-electron chi connectivity index (χ1n) is 3.32. The van der Waals surface area contributed by atoms with Crippen molar-refractivity contribution in [3.05, 3.63) is 5.82 Å². The van der Waals surface area contributed by atoms with Crippen molar-refractivity contribution >= 4 is 11.6 Å². The van der Waals surface area contributed by atoms with Gasteiger partial charge in [-0.25, -0.2) is 0 Å². The van der Waals surface area contributed by atoms with Gasteiger partial charge in [-0.1, -0.05) is 0 Å². The fourth-order valence-electron chi connectivity index (χ4n) is 0.661. The number of nitrogens with one attached hydrogen (secondary N) is 1. The number of aryl methyl sites for hydroxylation is 1. The molecule has 11 heavy (non-hydrogen) atoms. The van der Waals surface area contributed by atoms with Crippen LogP contribution in [0.4, 0.5) is 0 Å². The molecule has 0 aromatic carbocycles. The molecule has 0 saturated carbocycles. The highest BCUT2D eigenvalue weighted by atomic mass is 35.5. The van der Waals surface area contributed by atoms with E-state index in [9.17, 15) is 0 Å². The Balaban J connectivity index is 2.27. The van der Waals surface area contributed by atoms with Crippen molar-refractivity contribution < 1.29 is 0 Å². The van der Waals surface area contributed by atoms with Crippen molar-refractivity contribution in [2.45, 2.75) is 6.54 Å². The molecule has 0 atom stereocenters. The van der Waals surface area contributed by atoms with Crippen molar-refractivity contribution in [3.8, 4) is 0 Å². The van der Waals surface area contributed by atoms with Crippen LogP contribution in [0.5, 0.6) is 0 Å². The summed E-state index contributed by atoms with van der Waals surface area (Å²) in [5, 5.41) is 14.5. The molecule has 5 nitrogen and oxygen atoms in total. The summed E-state index contributed by atoms with van der Waals surface area (Å²) in [6, 6.07) is 0. The van der Waals surface area contributed by atoms with E-state index in [1.165, 1.54) is 4.80 Å². The zero-order valence-corrected chi connectivity index (χ0v) is 7.04. The maximum Gasteiger partial charge on any atom is 0.188 e. The maximum atomic E-state index is 5.45. The van der Waals surface area contributed by atoms with E-state index in [2.05, 4.69) is 20.7 Å². The van der Waals surface area contributed by atoms with Gasteiger partial charge in [0.1, 0.15) is 0 Å². The van der Waals surface area contributed by atoms with Crippen molar-refractivity contribution in [2.24, 2.45) is 7.05 Å². The molecule has 0 aliphatic rings. The molecular formula is C5H10ClN5. The van der Waals surface area contributed by atoms with Crippen LogP contribution in [0.2, 0.25) is 0 Å². The number of aromatic nitrogens is 4. The number of tetrazole rings is 1. The lowest BCUT2D eigenvalue weighted by molar-refractivity contribution is 0.623. The largest absolute Gasteiger partial charge is 0.309 e. The molecule has 0 aliphatic carbocycles. The summed E-state index contributed by atoms with van der Waals surface area (Å²) in [6.45, 7) is 1.39. The molecule has 0 unspecified atom stereocenters. The zero-order chi connectivity index (χ0) is 8.10. The number of halogens is 1. The molecule has 1 heterocycles. The Kier molecular flexibility index (Phi) is 3.25. The minimum atomic E-state index is 0.597. The summed E-state index contributed by atoms with van der Waals surface area (Å²) >= 11 is 5.45. The van der Waals surface area contributed by atoms with E-state index in [1.54, 1.807) is 7.05 Å². The first-order chi connectivity index (χ1) is 5.33. The minimum absolute atomic E-state index is 0.597. The van der Waals surface area contributed by atoms with Gasteiger partial charge < -0.3 is 5.32 Å². The Hall–Kier alpha value is -0.680. The van der Waals surface area contributed by atoms with E-state index in [0.717, 1.165) is 6.54 Å². The topological polar surface area (TPSA) is 55.6 Å². The van der Waals surface area contributed by atoms with Crippen LogP contribution in [0.1, 0.15) is 5.82 Å². The Morgan fingerprint density at radius 1 is 1.64 bits per heavy atom. The maximum absolute atomic E-state index is 5.45. The van der Waals surface area contributed by atoms with Gasteiger partial charge in [-0.15, -0.1) is 21.8 Å². The van der Waals surface area contributed by atoms with Crippen LogP contribution >= 0.6 is 11.6 Å². The Labute approximate surface area is 69.7 Å². The number of rotatable bonds is 4. The third-order valence-electron chi connectivity index (χ3n) is 1.10. The van der Waals surface area contributed by atoms with Gasteiger partial charge in [-0.2, -0.15) is 4.80 Å². The quantitative estimate of drug-likeness (QED) is 0.497. The molecule has 0 fully saturated rings. The molecule has 0 aliphatic heterocycles. The second kappa shape index (κ2) is 4.25. The predicted molar refractivity (Wildman–Crippen MR) is 41.2 cm³/mol. The van der Waals surface area contributed by atoms with Gasteiger partial charge in [-0.3, -0.25) is 0 Å². The third-order valence-corrected chi connectivity index (χ3v) is 1.29. The van der Waals surface area contributed by atoms with E-state index in [1.807, 2.05) is 0 Å². The monoisotopic (exact) mass is 175 g/mol. The SMILES string of the molecule is Cn1nnc(CNCCCl)n1. The molecule has 6 heteroatoms. The normalized spacial score (nSPS) is 10.4. The minimum Gasteiger partial charge on any atom is -0.309 e. The smallest absolute Gasteiger partial charge is 0.188 e. The number of hydrogen-bond donors (Lipinski definition) is 1. The summed E-state index contributed by atoms with van der Waals surface area (Å²) in [5.41, 5.74) is 0. The fourth-order valence-corrected chi connectivity index (χ4v) is 0.795. The van der Waals surface area contributed by atoms with Crippen LogP contribution in [-0.2, 0) is 13.6 Å². The third kappa shape index (κ3) is 2.81. The molecule has 1 aromatic rings. The van der Waals surface area contributed by atoms with Gasteiger partial charge in [-0.05, 0) is 5.21 Å². The summed E-state index contributed by atoms with van der Waals surface area (Å²) in [6.07, 6.45) is 0. The second-order valence-electron chi connectivity index (χ2n) is 2.06. The zero-order valence-electron chi connectivity index (χ0n) is 6.29. The van der Waals surface area contributed by atoms with E-state index < -0.39 is 0 Å². The van der Waals surface area contributed by atoms with Crippen molar-refractivity contribution in [3.63, 3.8) is 0 Å². The summed E-state index contributed by atoms with van der Waals surface area (Å²) in [7, 11) is 1.73. The summed E-state index contributed by atoms with van der Waals surface area (Å²) < 4.78 is 0. The van der Waals surface area contributed by atoms with Crippen LogP contribution in [0.3, 0.4) is 0 Å². The second-order valence-corrected chi connectivity index (χ2v) is 2.44. The van der Waals surface area contributed by atoms with Gasteiger partial charge in [0.25, 0.3) is 0 Å². The average molecular weight is 176 g/mol. The summed E-state index contributed by atoms with van der Waals surface area (Å²) in [4.78, 5) is 1.43. The molecule has 1 aromatic heterocycles. The average Bonchev–Trinajstić information content (AvgIpc) is 2.37. The highest BCUT2D eigenvalue weighted by Crippen LogP contribution is 1.82. The van der Waals surface area contributed by atoms with Gasteiger partial charge in [0.05, 0.1) is 13.6 Å². The Morgan fingerprint density at radius 3 is 3.00 bits per heavy atom. The molecule has 0 bridgehead atoms. The van der Waals surface area contributed by atoms with Crippen molar-refractivity contribution in [1.82, 2.24) is 25.5 Å². The summed E-state index contributed by atoms with van der Waals surface area (Å²) in [5.74, 6) is 1.29. The van der Waals surface area contributed by atoms with Crippen LogP contribution in [0, 0.1) is 0 Å². The van der Waals surface area contributed by atoms with E-state index in [0.29, 0.717) is 18.2 Å². The molecular weight excluding hydrogens is 166 g/mol. The number of alkyl halides is 1. The van der Waals surface area contributed by atoms with E-state index in [4.69, 9.17) is 11.6 Å². The first kappa shape index (κ1) is 8.42. The Bertz CT molecular complexity index is 210.